The highest BCUT2D eigenvalue weighted by Crippen LogP contribution is 2.16. The molecule has 6 nitrogen and oxygen atoms in total. The molecule has 1 atom stereocenters. The lowest BCUT2D eigenvalue weighted by atomic mass is 10.0. The molecule has 27 heavy (non-hydrogen) atoms. The molecule has 7 heteroatoms. The molecule has 0 amide bonds. The second-order valence-electron chi connectivity index (χ2n) is 7.58. The molecule has 2 heterocycles. The Morgan fingerprint density at radius 2 is 1.85 bits per heavy atom. The summed E-state index contributed by atoms with van der Waals surface area (Å²) in [5.74, 6) is 0.973. The maximum absolute atomic E-state index is 5.39. The molecule has 0 aromatic rings. The lowest BCUT2D eigenvalue weighted by Gasteiger charge is -2.33. The van der Waals surface area contributed by atoms with Gasteiger partial charge in [0.15, 0.2) is 5.96 Å². The van der Waals surface area contributed by atoms with Crippen LogP contribution in [0.3, 0.4) is 0 Å². The van der Waals surface area contributed by atoms with Gasteiger partial charge in [-0.05, 0) is 59.0 Å². The molecule has 0 bridgehead atoms. The first-order valence-corrected chi connectivity index (χ1v) is 10.9. The molecule has 2 rings (SSSR count). The predicted molar refractivity (Wildman–Crippen MR) is 125 cm³/mol. The fourth-order valence-corrected chi connectivity index (χ4v) is 3.79. The van der Waals surface area contributed by atoms with Crippen LogP contribution in [0.15, 0.2) is 4.99 Å². The van der Waals surface area contributed by atoms with Crippen molar-refractivity contribution >= 4 is 29.9 Å². The third-order valence-electron chi connectivity index (χ3n) is 5.46. The SMILES string of the molecule is CCNC(=NCCCN1CCOCC1)NCCCCN1CCCCC1C.I. The Balaban J connectivity index is 0.00000364. The van der Waals surface area contributed by atoms with E-state index in [1.54, 1.807) is 0 Å². The highest BCUT2D eigenvalue weighted by atomic mass is 127. The predicted octanol–water partition coefficient (Wildman–Crippen LogP) is 2.54. The van der Waals surface area contributed by atoms with E-state index >= 15 is 0 Å². The van der Waals surface area contributed by atoms with Gasteiger partial charge in [-0.25, -0.2) is 0 Å². The molecule has 2 N–H and O–H groups in total. The second-order valence-corrected chi connectivity index (χ2v) is 7.58. The van der Waals surface area contributed by atoms with Crippen LogP contribution >= 0.6 is 24.0 Å². The number of piperidine rings is 1. The summed E-state index contributed by atoms with van der Waals surface area (Å²) in [6.07, 6.45) is 7.76. The van der Waals surface area contributed by atoms with Crippen LogP contribution < -0.4 is 10.6 Å². The largest absolute Gasteiger partial charge is 0.379 e. The number of ether oxygens (including phenoxy) is 1. The van der Waals surface area contributed by atoms with Gasteiger partial charge in [-0.1, -0.05) is 6.42 Å². The van der Waals surface area contributed by atoms with Crippen LogP contribution in [0.2, 0.25) is 0 Å². The molecular weight excluding hydrogens is 453 g/mol. The average Bonchev–Trinajstić information content (AvgIpc) is 2.67. The molecule has 0 aliphatic carbocycles. The van der Waals surface area contributed by atoms with Crippen molar-refractivity contribution < 1.29 is 4.74 Å². The van der Waals surface area contributed by atoms with E-state index in [1.165, 1.54) is 45.2 Å². The lowest BCUT2D eigenvalue weighted by Crippen LogP contribution is -2.39. The van der Waals surface area contributed by atoms with E-state index in [0.29, 0.717) is 0 Å². The third kappa shape index (κ3) is 10.9. The number of aliphatic imine (C=N–C) groups is 1. The Morgan fingerprint density at radius 1 is 1.04 bits per heavy atom. The number of hydrogen-bond donors (Lipinski definition) is 2. The van der Waals surface area contributed by atoms with Crippen LogP contribution in [0.4, 0.5) is 0 Å². The first kappa shape index (κ1) is 24.9. The van der Waals surface area contributed by atoms with Crippen molar-refractivity contribution in [1.82, 2.24) is 20.4 Å². The summed E-state index contributed by atoms with van der Waals surface area (Å²) in [6, 6.07) is 0.780. The van der Waals surface area contributed by atoms with Crippen molar-refractivity contribution in [3.05, 3.63) is 0 Å². The van der Waals surface area contributed by atoms with Gasteiger partial charge in [0.2, 0.25) is 0 Å². The van der Waals surface area contributed by atoms with Crippen LogP contribution in [-0.4, -0.2) is 87.4 Å². The van der Waals surface area contributed by atoms with E-state index in [2.05, 4.69) is 34.3 Å². The summed E-state index contributed by atoms with van der Waals surface area (Å²) in [6.45, 7) is 14.9. The molecule has 2 aliphatic rings. The minimum Gasteiger partial charge on any atom is -0.379 e. The van der Waals surface area contributed by atoms with Gasteiger partial charge in [0.25, 0.3) is 0 Å². The number of halogens is 1. The standard InChI is InChI=1S/C20H41N5O.HI/c1-3-21-20(23-11-8-12-24-15-17-26-18-16-24)22-10-5-7-14-25-13-6-4-9-19(25)2;/h19H,3-18H2,1-2H3,(H2,21,22,23);1H. The van der Waals surface area contributed by atoms with Crippen molar-refractivity contribution in [3.63, 3.8) is 0 Å². The quantitative estimate of drug-likeness (QED) is 0.211. The number of nitrogens with one attached hydrogen (secondary N) is 2. The molecule has 2 fully saturated rings. The Hall–Kier alpha value is -0.120. The summed E-state index contributed by atoms with van der Waals surface area (Å²) >= 11 is 0. The van der Waals surface area contributed by atoms with Gasteiger partial charge in [-0.2, -0.15) is 0 Å². The van der Waals surface area contributed by atoms with Crippen LogP contribution in [0.5, 0.6) is 0 Å². The van der Waals surface area contributed by atoms with Gasteiger partial charge in [0.1, 0.15) is 0 Å². The first-order valence-electron chi connectivity index (χ1n) is 10.9. The maximum Gasteiger partial charge on any atom is 0.191 e. The molecule has 0 aromatic heterocycles. The van der Waals surface area contributed by atoms with Crippen molar-refractivity contribution in [2.75, 3.05) is 65.6 Å². The Bertz CT molecular complexity index is 391. The zero-order chi connectivity index (χ0) is 18.5. The van der Waals surface area contributed by atoms with Crippen LogP contribution in [0.1, 0.15) is 52.4 Å². The van der Waals surface area contributed by atoms with Crippen LogP contribution in [0, 0.1) is 0 Å². The van der Waals surface area contributed by atoms with Gasteiger partial charge in [-0.3, -0.25) is 9.89 Å². The zero-order valence-electron chi connectivity index (χ0n) is 17.5. The third-order valence-corrected chi connectivity index (χ3v) is 5.46. The van der Waals surface area contributed by atoms with Gasteiger partial charge in [0.05, 0.1) is 13.2 Å². The number of unbranched alkanes of at least 4 members (excludes halogenated alkanes) is 1. The van der Waals surface area contributed by atoms with Crippen LogP contribution in [-0.2, 0) is 4.74 Å². The number of nitrogens with zero attached hydrogens (tertiary/aromatic N) is 3. The van der Waals surface area contributed by atoms with E-state index in [1.807, 2.05) is 0 Å². The van der Waals surface area contributed by atoms with Gasteiger partial charge >= 0.3 is 0 Å². The molecule has 160 valence electrons. The highest BCUT2D eigenvalue weighted by Gasteiger charge is 2.17. The summed E-state index contributed by atoms with van der Waals surface area (Å²) in [5, 5.41) is 6.86. The highest BCUT2D eigenvalue weighted by molar-refractivity contribution is 14.0. The normalized spacial score (nSPS) is 22.3. The smallest absolute Gasteiger partial charge is 0.191 e. The lowest BCUT2D eigenvalue weighted by molar-refractivity contribution is 0.0377. The van der Waals surface area contributed by atoms with E-state index in [-0.39, 0.29) is 24.0 Å². The minimum absolute atomic E-state index is 0. The van der Waals surface area contributed by atoms with Crippen molar-refractivity contribution in [2.24, 2.45) is 4.99 Å². The fraction of sp³-hybridized carbons (Fsp3) is 0.950. The van der Waals surface area contributed by atoms with E-state index in [0.717, 1.165) is 70.9 Å². The molecule has 0 aromatic carbocycles. The minimum atomic E-state index is 0. The van der Waals surface area contributed by atoms with Crippen molar-refractivity contribution in [3.8, 4) is 0 Å². The fourth-order valence-electron chi connectivity index (χ4n) is 3.79. The maximum atomic E-state index is 5.39. The molecule has 0 saturated carbocycles. The Kier molecular flexibility index (Phi) is 14.5. The Morgan fingerprint density at radius 3 is 2.59 bits per heavy atom. The molecule has 2 saturated heterocycles. The van der Waals surface area contributed by atoms with Gasteiger partial charge in [-0.15, -0.1) is 24.0 Å². The monoisotopic (exact) mass is 495 g/mol. The number of likely N-dealkylation sites (tertiary alicyclic amines) is 1. The summed E-state index contributed by atoms with van der Waals surface area (Å²) < 4.78 is 5.39. The molecule has 2 aliphatic heterocycles. The summed E-state index contributed by atoms with van der Waals surface area (Å²) in [4.78, 5) is 9.86. The number of morpholine rings is 1. The Labute approximate surface area is 183 Å². The number of hydrogen-bond acceptors (Lipinski definition) is 4. The second kappa shape index (κ2) is 15.8. The summed E-state index contributed by atoms with van der Waals surface area (Å²) in [5.41, 5.74) is 0. The molecule has 0 radical (unpaired) electrons. The first-order chi connectivity index (χ1) is 12.8. The number of guanidine groups is 1. The van der Waals surface area contributed by atoms with E-state index in [9.17, 15) is 0 Å². The molecule has 0 spiro atoms. The van der Waals surface area contributed by atoms with E-state index in [4.69, 9.17) is 9.73 Å². The topological polar surface area (TPSA) is 52.1 Å². The van der Waals surface area contributed by atoms with Crippen molar-refractivity contribution in [2.45, 2.75) is 58.4 Å². The van der Waals surface area contributed by atoms with Crippen LogP contribution in [0.25, 0.3) is 0 Å². The van der Waals surface area contributed by atoms with Gasteiger partial charge < -0.3 is 20.3 Å². The zero-order valence-corrected chi connectivity index (χ0v) is 19.9. The average molecular weight is 495 g/mol. The molecular formula is C20H42IN5O. The number of rotatable bonds is 10. The van der Waals surface area contributed by atoms with E-state index < -0.39 is 0 Å². The summed E-state index contributed by atoms with van der Waals surface area (Å²) in [7, 11) is 0. The molecule has 1 unspecified atom stereocenters. The van der Waals surface area contributed by atoms with Crippen molar-refractivity contribution in [1.29, 1.82) is 0 Å². The van der Waals surface area contributed by atoms with Gasteiger partial charge in [0, 0.05) is 45.3 Å².